The maximum atomic E-state index is 5.46. The Morgan fingerprint density at radius 3 is 2.93 bits per heavy atom. The van der Waals surface area contributed by atoms with E-state index >= 15 is 0 Å². The zero-order chi connectivity index (χ0) is 19.9. The molecule has 0 amide bonds. The number of hydrogen-bond donors (Lipinski definition) is 1. The van der Waals surface area contributed by atoms with Crippen molar-refractivity contribution in [2.75, 3.05) is 44.9 Å². The number of morpholine rings is 1. The van der Waals surface area contributed by atoms with Crippen LogP contribution < -0.4 is 4.90 Å². The molecule has 3 heterocycles. The third-order valence-electron chi connectivity index (χ3n) is 4.92. The summed E-state index contributed by atoms with van der Waals surface area (Å²) in [5.41, 5.74) is 2.22. The molecule has 1 fully saturated rings. The molecule has 1 saturated heterocycles. The number of aromatic amines is 1. The number of nitrogens with one attached hydrogen (secondary N) is 1. The molecule has 8 nitrogen and oxygen atoms in total. The molecule has 1 aromatic carbocycles. The monoisotopic (exact) mass is 394 g/mol. The van der Waals surface area contributed by atoms with E-state index in [9.17, 15) is 0 Å². The molecule has 0 spiro atoms. The first kappa shape index (κ1) is 19.5. The van der Waals surface area contributed by atoms with Crippen molar-refractivity contribution >= 4 is 22.5 Å². The van der Waals surface area contributed by atoms with Crippen molar-refractivity contribution in [3.63, 3.8) is 0 Å². The second-order valence-electron chi connectivity index (χ2n) is 6.96. The summed E-state index contributed by atoms with van der Waals surface area (Å²) < 4.78 is 10.6. The average molecular weight is 394 g/mol. The standard InChI is InChI=1S/C21H26N6O2/c1-28-10-4-7-19-24-20(13-21(25-19)27-8-11-29-12-9-27)26-23-15-16-14-22-18-6-3-2-5-17(16)18/h2-3,5-6,13-14,22H,4,7-12,15H2,1H3. The molecule has 1 aliphatic rings. The Labute approximate surface area is 170 Å². The first-order valence-corrected chi connectivity index (χ1v) is 9.95. The Morgan fingerprint density at radius 2 is 2.07 bits per heavy atom. The molecule has 2 aromatic heterocycles. The highest BCUT2D eigenvalue weighted by atomic mass is 16.5. The van der Waals surface area contributed by atoms with E-state index in [1.807, 2.05) is 24.4 Å². The van der Waals surface area contributed by atoms with Gasteiger partial charge in [-0.2, -0.15) is 5.11 Å². The van der Waals surface area contributed by atoms with Gasteiger partial charge in [-0.3, -0.25) is 0 Å². The highest BCUT2D eigenvalue weighted by molar-refractivity contribution is 5.82. The lowest BCUT2D eigenvalue weighted by Crippen LogP contribution is -2.36. The first-order chi connectivity index (χ1) is 14.3. The molecule has 3 aromatic rings. The van der Waals surface area contributed by atoms with Crippen molar-refractivity contribution in [2.24, 2.45) is 10.2 Å². The summed E-state index contributed by atoms with van der Waals surface area (Å²) in [5.74, 6) is 2.25. The number of ether oxygens (including phenoxy) is 2. The molecular weight excluding hydrogens is 368 g/mol. The van der Waals surface area contributed by atoms with Crippen LogP contribution in [0.4, 0.5) is 11.6 Å². The van der Waals surface area contributed by atoms with Crippen molar-refractivity contribution < 1.29 is 9.47 Å². The highest BCUT2D eigenvalue weighted by Gasteiger charge is 2.15. The van der Waals surface area contributed by atoms with E-state index in [0.717, 1.165) is 48.7 Å². The molecule has 0 bridgehead atoms. The number of anilines is 1. The number of aromatic nitrogens is 3. The largest absolute Gasteiger partial charge is 0.385 e. The lowest BCUT2D eigenvalue weighted by Gasteiger charge is -2.28. The van der Waals surface area contributed by atoms with Gasteiger partial charge < -0.3 is 19.4 Å². The minimum Gasteiger partial charge on any atom is -0.385 e. The van der Waals surface area contributed by atoms with Crippen LogP contribution in [0.2, 0.25) is 0 Å². The molecule has 0 unspecified atom stereocenters. The summed E-state index contributed by atoms with van der Waals surface area (Å²) in [5, 5.41) is 9.98. The lowest BCUT2D eigenvalue weighted by molar-refractivity contribution is 0.122. The van der Waals surface area contributed by atoms with Crippen molar-refractivity contribution in [2.45, 2.75) is 19.4 Å². The quantitative estimate of drug-likeness (QED) is 0.465. The number of H-pyrrole nitrogens is 1. The van der Waals surface area contributed by atoms with E-state index in [4.69, 9.17) is 14.5 Å². The Bertz CT molecular complexity index is 965. The number of methoxy groups -OCH3 is 1. The molecule has 8 heteroatoms. The van der Waals surface area contributed by atoms with E-state index in [-0.39, 0.29) is 0 Å². The smallest absolute Gasteiger partial charge is 0.179 e. The van der Waals surface area contributed by atoms with Gasteiger partial charge in [0.05, 0.1) is 19.8 Å². The molecule has 1 aliphatic heterocycles. The van der Waals surface area contributed by atoms with E-state index in [1.54, 1.807) is 7.11 Å². The van der Waals surface area contributed by atoms with E-state index in [1.165, 1.54) is 5.39 Å². The van der Waals surface area contributed by atoms with Crippen LogP contribution in [-0.4, -0.2) is 55.0 Å². The fourth-order valence-corrected chi connectivity index (χ4v) is 3.41. The Morgan fingerprint density at radius 1 is 1.21 bits per heavy atom. The number of rotatable bonds is 8. The van der Waals surface area contributed by atoms with Crippen LogP contribution in [0, 0.1) is 0 Å². The zero-order valence-corrected chi connectivity index (χ0v) is 16.7. The molecule has 0 atom stereocenters. The van der Waals surface area contributed by atoms with Gasteiger partial charge in [-0.05, 0) is 12.5 Å². The van der Waals surface area contributed by atoms with Crippen molar-refractivity contribution in [3.8, 4) is 0 Å². The van der Waals surface area contributed by atoms with Crippen LogP contribution in [0.3, 0.4) is 0 Å². The maximum absolute atomic E-state index is 5.46. The fraction of sp³-hybridized carbons (Fsp3) is 0.429. The number of fused-ring (bicyclic) bond motifs is 1. The highest BCUT2D eigenvalue weighted by Crippen LogP contribution is 2.22. The van der Waals surface area contributed by atoms with Gasteiger partial charge in [0.2, 0.25) is 0 Å². The van der Waals surface area contributed by atoms with Crippen LogP contribution >= 0.6 is 0 Å². The minimum absolute atomic E-state index is 0.500. The van der Waals surface area contributed by atoms with E-state index in [2.05, 4.69) is 37.2 Å². The van der Waals surface area contributed by atoms with Gasteiger partial charge in [0.15, 0.2) is 5.82 Å². The predicted octanol–water partition coefficient (Wildman–Crippen LogP) is 3.66. The lowest BCUT2D eigenvalue weighted by atomic mass is 10.2. The minimum atomic E-state index is 0.500. The predicted molar refractivity (Wildman–Crippen MR) is 112 cm³/mol. The van der Waals surface area contributed by atoms with Crippen LogP contribution in [0.15, 0.2) is 46.8 Å². The summed E-state index contributed by atoms with van der Waals surface area (Å²) >= 11 is 0. The van der Waals surface area contributed by atoms with Gasteiger partial charge in [0.1, 0.15) is 11.6 Å². The van der Waals surface area contributed by atoms with Crippen molar-refractivity contribution in [3.05, 3.63) is 47.9 Å². The Kier molecular flexibility index (Phi) is 6.43. The molecule has 4 rings (SSSR count). The Balaban J connectivity index is 1.52. The number of para-hydroxylation sites is 1. The molecule has 152 valence electrons. The first-order valence-electron chi connectivity index (χ1n) is 9.95. The van der Waals surface area contributed by atoms with Gasteiger partial charge >= 0.3 is 0 Å². The maximum Gasteiger partial charge on any atom is 0.179 e. The van der Waals surface area contributed by atoms with Gasteiger partial charge in [-0.25, -0.2) is 9.97 Å². The van der Waals surface area contributed by atoms with Gasteiger partial charge in [0.25, 0.3) is 0 Å². The summed E-state index contributed by atoms with van der Waals surface area (Å²) in [6.45, 7) is 4.24. The topological polar surface area (TPSA) is 88.0 Å². The van der Waals surface area contributed by atoms with Gasteiger partial charge in [0, 0.05) is 62.0 Å². The summed E-state index contributed by atoms with van der Waals surface area (Å²) in [7, 11) is 1.70. The van der Waals surface area contributed by atoms with Crippen LogP contribution in [0.5, 0.6) is 0 Å². The van der Waals surface area contributed by atoms with Crippen LogP contribution in [0.25, 0.3) is 10.9 Å². The second-order valence-corrected chi connectivity index (χ2v) is 6.96. The molecular formula is C21H26N6O2. The summed E-state index contributed by atoms with van der Waals surface area (Å²) in [4.78, 5) is 14.8. The summed E-state index contributed by atoms with van der Waals surface area (Å²) in [6, 6.07) is 10.1. The van der Waals surface area contributed by atoms with E-state index in [0.29, 0.717) is 32.2 Å². The second kappa shape index (κ2) is 9.58. The number of benzene rings is 1. The number of hydrogen-bond acceptors (Lipinski definition) is 7. The molecule has 0 aliphatic carbocycles. The van der Waals surface area contributed by atoms with Gasteiger partial charge in [-0.15, -0.1) is 5.11 Å². The van der Waals surface area contributed by atoms with E-state index < -0.39 is 0 Å². The Hall–Kier alpha value is -2.84. The van der Waals surface area contributed by atoms with Crippen LogP contribution in [-0.2, 0) is 22.4 Å². The SMILES string of the molecule is COCCCc1nc(N=NCc2c[nH]c3ccccc23)cc(N2CCOCC2)n1. The third-order valence-corrected chi connectivity index (χ3v) is 4.92. The number of aryl methyl sites for hydroxylation is 1. The van der Waals surface area contributed by atoms with Crippen LogP contribution in [0.1, 0.15) is 17.8 Å². The zero-order valence-electron chi connectivity index (χ0n) is 16.7. The van der Waals surface area contributed by atoms with Gasteiger partial charge in [-0.1, -0.05) is 18.2 Å². The fourth-order valence-electron chi connectivity index (χ4n) is 3.41. The summed E-state index contributed by atoms with van der Waals surface area (Å²) in [6.07, 6.45) is 3.60. The van der Waals surface area contributed by atoms with Crippen molar-refractivity contribution in [1.82, 2.24) is 15.0 Å². The number of nitrogens with zero attached hydrogens (tertiary/aromatic N) is 5. The van der Waals surface area contributed by atoms with Crippen molar-refractivity contribution in [1.29, 1.82) is 0 Å². The number of azo groups is 1. The normalized spacial score (nSPS) is 14.9. The third kappa shape index (κ3) is 4.96. The molecule has 0 saturated carbocycles. The molecule has 29 heavy (non-hydrogen) atoms. The molecule has 0 radical (unpaired) electrons. The molecule has 1 N–H and O–H groups in total. The average Bonchev–Trinajstić information content (AvgIpc) is 3.18.